The second-order valence-electron chi connectivity index (χ2n) is 4.09. The minimum Gasteiger partial charge on any atom is -0.326 e. The molecule has 2 heterocycles. The Morgan fingerprint density at radius 1 is 1.26 bits per heavy atom. The highest BCUT2D eigenvalue weighted by atomic mass is 19.4. The molecule has 0 amide bonds. The third kappa shape index (κ3) is 2.43. The summed E-state index contributed by atoms with van der Waals surface area (Å²) in [4.78, 5) is 0. The molecule has 0 fully saturated rings. The summed E-state index contributed by atoms with van der Waals surface area (Å²) in [5, 5.41) is 11.4. The number of hydrogen-bond acceptors (Lipinski definition) is 4. The van der Waals surface area contributed by atoms with E-state index in [1.807, 2.05) is 0 Å². The van der Waals surface area contributed by atoms with Crippen LogP contribution in [0.1, 0.15) is 22.4 Å². The van der Waals surface area contributed by atoms with Gasteiger partial charge >= 0.3 is 6.18 Å². The predicted octanol–water partition coefficient (Wildman–Crippen LogP) is 1.76. The van der Waals surface area contributed by atoms with Gasteiger partial charge in [0.15, 0.2) is 5.82 Å². The molecule has 102 valence electrons. The van der Waals surface area contributed by atoms with Crippen molar-refractivity contribution in [2.24, 2.45) is 5.73 Å². The van der Waals surface area contributed by atoms with Gasteiger partial charge in [-0.2, -0.15) is 23.4 Å². The van der Waals surface area contributed by atoms with Crippen molar-refractivity contribution in [2.75, 3.05) is 0 Å². The molecule has 2 aromatic rings. The van der Waals surface area contributed by atoms with Crippen LogP contribution >= 0.6 is 0 Å². The van der Waals surface area contributed by atoms with Gasteiger partial charge in [-0.15, -0.1) is 5.10 Å². The molecular weight excluding hydrogens is 259 g/mol. The average Bonchev–Trinajstić information content (AvgIpc) is 2.81. The van der Waals surface area contributed by atoms with Gasteiger partial charge in [-0.25, -0.2) is 4.68 Å². The molecule has 19 heavy (non-hydrogen) atoms. The van der Waals surface area contributed by atoms with Crippen LogP contribution in [0.25, 0.3) is 5.82 Å². The van der Waals surface area contributed by atoms with Crippen LogP contribution in [-0.2, 0) is 12.7 Å². The third-order valence-corrected chi connectivity index (χ3v) is 2.89. The highest BCUT2D eigenvalue weighted by Gasteiger charge is 2.32. The lowest BCUT2D eigenvalue weighted by Crippen LogP contribution is -2.12. The first-order valence-electron chi connectivity index (χ1n) is 5.49. The van der Waals surface area contributed by atoms with E-state index in [9.17, 15) is 13.2 Å². The normalized spacial score (nSPS) is 11.9. The number of nitrogens with two attached hydrogens (primary N) is 1. The quantitative estimate of drug-likeness (QED) is 0.903. The molecule has 0 aliphatic rings. The number of alkyl halides is 3. The lowest BCUT2D eigenvalue weighted by molar-refractivity contribution is -0.137. The Hall–Kier alpha value is -1.96. The molecule has 0 atom stereocenters. The minimum atomic E-state index is -4.44. The third-order valence-electron chi connectivity index (χ3n) is 2.89. The summed E-state index contributed by atoms with van der Waals surface area (Å²) >= 11 is 0. The Balaban J connectivity index is 2.54. The van der Waals surface area contributed by atoms with Crippen molar-refractivity contribution in [1.29, 1.82) is 0 Å². The Labute approximate surface area is 107 Å². The van der Waals surface area contributed by atoms with Crippen molar-refractivity contribution in [1.82, 2.24) is 20.0 Å². The van der Waals surface area contributed by atoms with E-state index in [1.165, 1.54) is 0 Å². The van der Waals surface area contributed by atoms with Gasteiger partial charge in [0.25, 0.3) is 0 Å². The van der Waals surface area contributed by atoms with E-state index >= 15 is 0 Å². The molecule has 5 nitrogen and oxygen atoms in total. The summed E-state index contributed by atoms with van der Waals surface area (Å²) in [5.74, 6) is 0.223. The number of rotatable bonds is 2. The zero-order valence-corrected chi connectivity index (χ0v) is 10.4. The van der Waals surface area contributed by atoms with Gasteiger partial charge in [-0.1, -0.05) is 0 Å². The highest BCUT2D eigenvalue weighted by Crippen LogP contribution is 2.29. The summed E-state index contributed by atoms with van der Waals surface area (Å²) in [6.07, 6.45) is -2.82. The van der Waals surface area contributed by atoms with Crippen LogP contribution in [0, 0.1) is 13.8 Å². The molecule has 0 aliphatic heterocycles. The maximum absolute atomic E-state index is 12.5. The van der Waals surface area contributed by atoms with Gasteiger partial charge in [-0.05, 0) is 19.4 Å². The molecule has 2 aromatic heterocycles. The molecule has 0 aromatic carbocycles. The Morgan fingerprint density at radius 2 is 1.95 bits per heavy atom. The molecular formula is C11H12F3N5. The molecule has 0 saturated heterocycles. The number of aryl methyl sites for hydroxylation is 1. The Morgan fingerprint density at radius 3 is 2.47 bits per heavy atom. The van der Waals surface area contributed by atoms with Crippen molar-refractivity contribution in [2.45, 2.75) is 26.6 Å². The Kier molecular flexibility index (Phi) is 3.27. The number of aromatic nitrogens is 4. The van der Waals surface area contributed by atoms with Crippen molar-refractivity contribution < 1.29 is 13.2 Å². The summed E-state index contributed by atoms with van der Waals surface area (Å²) in [6.45, 7) is 3.71. The first-order chi connectivity index (χ1) is 8.84. The molecule has 2 N–H and O–H groups in total. The largest absolute Gasteiger partial charge is 0.419 e. The SMILES string of the molecule is Cc1nnc(-n2cc(C(F)(F)F)cn2)c(CN)c1C. The van der Waals surface area contributed by atoms with Crippen molar-refractivity contribution in [3.8, 4) is 5.82 Å². The van der Waals surface area contributed by atoms with Crippen LogP contribution < -0.4 is 5.73 Å². The fourth-order valence-corrected chi connectivity index (χ4v) is 1.66. The van der Waals surface area contributed by atoms with E-state index in [0.717, 1.165) is 22.6 Å². The molecule has 0 radical (unpaired) electrons. The van der Waals surface area contributed by atoms with E-state index in [1.54, 1.807) is 13.8 Å². The van der Waals surface area contributed by atoms with E-state index in [4.69, 9.17) is 5.73 Å². The van der Waals surface area contributed by atoms with Crippen LogP contribution in [0.5, 0.6) is 0 Å². The average molecular weight is 271 g/mol. The number of hydrogen-bond donors (Lipinski definition) is 1. The zero-order chi connectivity index (χ0) is 14.2. The second-order valence-corrected chi connectivity index (χ2v) is 4.09. The van der Waals surface area contributed by atoms with Gasteiger partial charge in [-0.3, -0.25) is 0 Å². The predicted molar refractivity (Wildman–Crippen MR) is 61.5 cm³/mol. The Bertz CT molecular complexity index is 603. The first kappa shape index (κ1) is 13.5. The van der Waals surface area contributed by atoms with Crippen molar-refractivity contribution in [3.63, 3.8) is 0 Å². The number of nitrogens with zero attached hydrogens (tertiary/aromatic N) is 4. The van der Waals surface area contributed by atoms with E-state index in [-0.39, 0.29) is 12.4 Å². The zero-order valence-electron chi connectivity index (χ0n) is 10.4. The molecule has 0 saturated carbocycles. The highest BCUT2D eigenvalue weighted by molar-refractivity contribution is 5.40. The van der Waals surface area contributed by atoms with Crippen LogP contribution in [0.4, 0.5) is 13.2 Å². The molecule has 0 bridgehead atoms. The van der Waals surface area contributed by atoms with Crippen LogP contribution in [0.2, 0.25) is 0 Å². The molecule has 8 heteroatoms. The maximum atomic E-state index is 12.5. The van der Waals surface area contributed by atoms with Gasteiger partial charge in [0, 0.05) is 18.3 Å². The second kappa shape index (κ2) is 4.61. The number of halogens is 3. The molecule has 0 spiro atoms. The van der Waals surface area contributed by atoms with E-state index in [0.29, 0.717) is 11.3 Å². The summed E-state index contributed by atoms with van der Waals surface area (Å²) in [6, 6.07) is 0. The monoisotopic (exact) mass is 271 g/mol. The van der Waals surface area contributed by atoms with Crippen molar-refractivity contribution in [3.05, 3.63) is 34.8 Å². The van der Waals surface area contributed by atoms with Gasteiger partial charge in [0.05, 0.1) is 17.5 Å². The van der Waals surface area contributed by atoms with Crippen LogP contribution in [-0.4, -0.2) is 20.0 Å². The fraction of sp³-hybridized carbons (Fsp3) is 0.364. The molecule has 2 rings (SSSR count). The summed E-state index contributed by atoms with van der Waals surface area (Å²) < 4.78 is 38.6. The van der Waals surface area contributed by atoms with E-state index in [2.05, 4.69) is 15.3 Å². The van der Waals surface area contributed by atoms with Gasteiger partial charge in [0.1, 0.15) is 0 Å². The summed E-state index contributed by atoms with van der Waals surface area (Å²) in [5.41, 5.74) is 6.90. The fourth-order valence-electron chi connectivity index (χ4n) is 1.66. The minimum absolute atomic E-state index is 0.152. The van der Waals surface area contributed by atoms with Gasteiger partial charge in [0.2, 0.25) is 0 Å². The molecule has 0 aliphatic carbocycles. The topological polar surface area (TPSA) is 69.6 Å². The molecule has 0 unspecified atom stereocenters. The summed E-state index contributed by atoms with van der Waals surface area (Å²) in [7, 11) is 0. The van der Waals surface area contributed by atoms with E-state index < -0.39 is 11.7 Å². The van der Waals surface area contributed by atoms with Gasteiger partial charge < -0.3 is 5.73 Å². The smallest absolute Gasteiger partial charge is 0.326 e. The maximum Gasteiger partial charge on any atom is 0.419 e. The lowest BCUT2D eigenvalue weighted by Gasteiger charge is -2.10. The van der Waals surface area contributed by atoms with Crippen LogP contribution in [0.15, 0.2) is 12.4 Å². The first-order valence-corrected chi connectivity index (χ1v) is 5.49. The van der Waals surface area contributed by atoms with Crippen LogP contribution in [0.3, 0.4) is 0 Å². The lowest BCUT2D eigenvalue weighted by atomic mass is 10.1. The van der Waals surface area contributed by atoms with Crippen molar-refractivity contribution >= 4 is 0 Å². The standard InChI is InChI=1S/C11H12F3N5/c1-6-7(2)17-18-10(9(6)3-15)19-5-8(4-16-19)11(12,13)14/h4-5H,3,15H2,1-2H3.